The molecule has 1 unspecified atom stereocenters. The van der Waals surface area contributed by atoms with E-state index < -0.39 is 15.9 Å². The molecule has 1 aliphatic rings. The fourth-order valence-corrected chi connectivity index (χ4v) is 5.66. The minimum Gasteiger partial charge on any atom is -0.493 e. The van der Waals surface area contributed by atoms with Crippen LogP contribution in [-0.4, -0.2) is 40.6 Å². The Bertz CT molecular complexity index is 1360. The molecule has 2 amide bonds. The molecule has 1 aliphatic heterocycles. The molecule has 1 atom stereocenters. The van der Waals surface area contributed by atoms with Crippen molar-refractivity contribution in [3.05, 3.63) is 82.9 Å². The Kier molecular flexibility index (Phi) is 7.51. The summed E-state index contributed by atoms with van der Waals surface area (Å²) < 4.78 is 36.5. The van der Waals surface area contributed by atoms with E-state index in [4.69, 9.17) is 9.47 Å². The predicted molar refractivity (Wildman–Crippen MR) is 139 cm³/mol. The first-order valence-electron chi connectivity index (χ1n) is 11.6. The van der Waals surface area contributed by atoms with Crippen molar-refractivity contribution in [3.63, 3.8) is 0 Å². The summed E-state index contributed by atoms with van der Waals surface area (Å²) >= 11 is 0. The molecule has 0 saturated heterocycles. The van der Waals surface area contributed by atoms with Crippen LogP contribution < -0.4 is 20.1 Å². The number of nitrogens with zero attached hydrogens (tertiary/aromatic N) is 1. The molecule has 0 aliphatic carbocycles. The van der Waals surface area contributed by atoms with Crippen LogP contribution in [0.2, 0.25) is 0 Å². The van der Waals surface area contributed by atoms with Crippen LogP contribution in [0, 0.1) is 0 Å². The Morgan fingerprint density at radius 1 is 0.944 bits per heavy atom. The third-order valence-electron chi connectivity index (χ3n) is 6.23. The van der Waals surface area contributed by atoms with Gasteiger partial charge in [-0.25, -0.2) is 13.2 Å². The number of urea groups is 1. The standard InChI is InChI=1S/C27H31N3O5S/c1-18(20-7-12-25(34-3)26(14-20)35-4)28-27(31)29-23-8-10-24(11-9-23)36(32,33)17-19-5-6-21-15-30(2)16-22(21)13-19/h5-14,18H,15-17H2,1-4H3,(H2,28,29,31). The number of nitrogens with one attached hydrogen (secondary N) is 2. The van der Waals surface area contributed by atoms with Gasteiger partial charge in [0.1, 0.15) is 0 Å². The number of rotatable bonds is 8. The topological polar surface area (TPSA) is 97.0 Å². The summed E-state index contributed by atoms with van der Waals surface area (Å²) in [6.07, 6.45) is 0. The molecule has 1 heterocycles. The van der Waals surface area contributed by atoms with Crippen LogP contribution in [0.15, 0.2) is 65.6 Å². The van der Waals surface area contributed by atoms with E-state index in [1.807, 2.05) is 44.3 Å². The number of amides is 2. The van der Waals surface area contributed by atoms with Crippen molar-refractivity contribution in [2.45, 2.75) is 36.7 Å². The van der Waals surface area contributed by atoms with Gasteiger partial charge in [-0.2, -0.15) is 0 Å². The van der Waals surface area contributed by atoms with E-state index in [9.17, 15) is 13.2 Å². The van der Waals surface area contributed by atoms with E-state index in [1.165, 1.54) is 23.3 Å². The average molecular weight is 510 g/mol. The summed E-state index contributed by atoms with van der Waals surface area (Å²) in [5.74, 6) is 1.12. The van der Waals surface area contributed by atoms with E-state index in [-0.39, 0.29) is 16.7 Å². The smallest absolute Gasteiger partial charge is 0.319 e. The molecule has 0 bridgehead atoms. The monoisotopic (exact) mass is 509 g/mol. The average Bonchev–Trinajstić information content (AvgIpc) is 3.22. The number of fused-ring (bicyclic) bond motifs is 1. The molecule has 2 N–H and O–H groups in total. The van der Waals surface area contributed by atoms with Crippen LogP contribution in [0.25, 0.3) is 0 Å². The van der Waals surface area contributed by atoms with Gasteiger partial charge in [0.05, 0.1) is 30.9 Å². The van der Waals surface area contributed by atoms with Crippen molar-refractivity contribution < 1.29 is 22.7 Å². The highest BCUT2D eigenvalue weighted by Gasteiger charge is 2.20. The fourth-order valence-electron chi connectivity index (χ4n) is 4.33. The summed E-state index contributed by atoms with van der Waals surface area (Å²) in [6, 6.07) is 16.8. The number of methoxy groups -OCH3 is 2. The van der Waals surface area contributed by atoms with Crippen molar-refractivity contribution in [3.8, 4) is 11.5 Å². The molecule has 36 heavy (non-hydrogen) atoms. The summed E-state index contributed by atoms with van der Waals surface area (Å²) in [6.45, 7) is 3.57. The second-order valence-corrected chi connectivity index (χ2v) is 11.0. The van der Waals surface area contributed by atoms with Crippen LogP contribution in [0.4, 0.5) is 10.5 Å². The quantitative estimate of drug-likeness (QED) is 0.464. The number of benzene rings is 3. The zero-order valence-electron chi connectivity index (χ0n) is 20.9. The third kappa shape index (κ3) is 5.80. The second kappa shape index (κ2) is 10.6. The molecule has 0 radical (unpaired) electrons. The second-order valence-electron chi connectivity index (χ2n) is 8.99. The van der Waals surface area contributed by atoms with E-state index in [0.717, 1.165) is 24.2 Å². The number of hydrogen-bond donors (Lipinski definition) is 2. The molecule has 3 aromatic rings. The number of hydrogen-bond acceptors (Lipinski definition) is 6. The van der Waals surface area contributed by atoms with Gasteiger partial charge in [-0.1, -0.05) is 24.3 Å². The minimum absolute atomic E-state index is 0.0694. The van der Waals surface area contributed by atoms with Crippen molar-refractivity contribution >= 4 is 21.6 Å². The lowest BCUT2D eigenvalue weighted by Crippen LogP contribution is -2.31. The number of anilines is 1. The molecule has 9 heteroatoms. The number of ether oxygens (including phenoxy) is 2. The van der Waals surface area contributed by atoms with Crippen molar-refractivity contribution in [1.29, 1.82) is 0 Å². The van der Waals surface area contributed by atoms with Crippen molar-refractivity contribution in [1.82, 2.24) is 10.2 Å². The van der Waals surface area contributed by atoms with E-state index in [0.29, 0.717) is 17.2 Å². The van der Waals surface area contributed by atoms with Gasteiger partial charge in [0.25, 0.3) is 0 Å². The normalized spacial score (nSPS) is 14.1. The molecule has 190 valence electrons. The SMILES string of the molecule is COc1ccc(C(C)NC(=O)Nc2ccc(S(=O)(=O)Cc3ccc4c(c3)CN(C)C4)cc2)cc1OC. The van der Waals surface area contributed by atoms with Crippen LogP contribution in [0.5, 0.6) is 11.5 Å². The van der Waals surface area contributed by atoms with Gasteiger partial charge >= 0.3 is 6.03 Å². The van der Waals surface area contributed by atoms with Gasteiger partial charge < -0.3 is 20.1 Å². The Labute approximate surface area is 212 Å². The number of carbonyl (C=O) groups excluding carboxylic acids is 1. The fraction of sp³-hybridized carbons (Fsp3) is 0.296. The molecule has 0 spiro atoms. The zero-order chi connectivity index (χ0) is 25.9. The zero-order valence-corrected chi connectivity index (χ0v) is 21.7. The van der Waals surface area contributed by atoms with E-state index in [2.05, 4.69) is 15.5 Å². The maximum Gasteiger partial charge on any atom is 0.319 e. The first-order chi connectivity index (χ1) is 17.2. The van der Waals surface area contributed by atoms with Gasteiger partial charge in [0.2, 0.25) is 0 Å². The Hall–Kier alpha value is -3.56. The lowest BCUT2D eigenvalue weighted by atomic mass is 10.1. The van der Waals surface area contributed by atoms with Crippen LogP contribution in [0.1, 0.15) is 35.2 Å². The number of carbonyl (C=O) groups is 1. The first-order valence-corrected chi connectivity index (χ1v) is 13.2. The summed E-state index contributed by atoms with van der Waals surface area (Å²) in [5.41, 5.74) is 4.54. The number of sulfone groups is 1. The van der Waals surface area contributed by atoms with Gasteiger partial charge in [0, 0.05) is 18.8 Å². The van der Waals surface area contributed by atoms with Crippen LogP contribution in [-0.2, 0) is 28.7 Å². The van der Waals surface area contributed by atoms with E-state index >= 15 is 0 Å². The molecule has 0 saturated carbocycles. The first kappa shape index (κ1) is 25.5. The Morgan fingerprint density at radius 2 is 1.64 bits per heavy atom. The Balaban J connectivity index is 1.37. The lowest BCUT2D eigenvalue weighted by Gasteiger charge is -2.17. The molecule has 0 fully saturated rings. The molecule has 0 aromatic heterocycles. The highest BCUT2D eigenvalue weighted by Crippen LogP contribution is 2.30. The molecular weight excluding hydrogens is 478 g/mol. The molecule has 8 nitrogen and oxygen atoms in total. The molecular formula is C27H31N3O5S. The summed E-state index contributed by atoms with van der Waals surface area (Å²) in [5, 5.41) is 5.62. The van der Waals surface area contributed by atoms with Crippen molar-refractivity contribution in [2.24, 2.45) is 0 Å². The third-order valence-corrected chi connectivity index (χ3v) is 7.94. The highest BCUT2D eigenvalue weighted by molar-refractivity contribution is 7.90. The maximum absolute atomic E-state index is 13.0. The summed E-state index contributed by atoms with van der Waals surface area (Å²) in [4.78, 5) is 14.9. The van der Waals surface area contributed by atoms with Gasteiger partial charge in [-0.05, 0) is 72.6 Å². The highest BCUT2D eigenvalue weighted by atomic mass is 32.2. The predicted octanol–water partition coefficient (Wildman–Crippen LogP) is 4.51. The van der Waals surface area contributed by atoms with E-state index in [1.54, 1.807) is 32.4 Å². The summed E-state index contributed by atoms with van der Waals surface area (Å²) in [7, 11) is 1.64. The van der Waals surface area contributed by atoms with Crippen LogP contribution in [0.3, 0.4) is 0 Å². The largest absolute Gasteiger partial charge is 0.493 e. The Morgan fingerprint density at radius 3 is 2.33 bits per heavy atom. The van der Waals surface area contributed by atoms with Gasteiger partial charge in [-0.3, -0.25) is 4.90 Å². The lowest BCUT2D eigenvalue weighted by molar-refractivity contribution is 0.249. The van der Waals surface area contributed by atoms with Gasteiger partial charge in [0.15, 0.2) is 21.3 Å². The van der Waals surface area contributed by atoms with Gasteiger partial charge in [-0.15, -0.1) is 0 Å². The minimum atomic E-state index is -3.52. The molecule has 3 aromatic carbocycles. The molecule has 4 rings (SSSR count). The maximum atomic E-state index is 13.0. The van der Waals surface area contributed by atoms with Crippen LogP contribution >= 0.6 is 0 Å². The van der Waals surface area contributed by atoms with Crippen molar-refractivity contribution in [2.75, 3.05) is 26.6 Å².